The van der Waals surface area contributed by atoms with Gasteiger partial charge < -0.3 is 19.1 Å². The van der Waals surface area contributed by atoms with E-state index in [2.05, 4.69) is 10.1 Å². The summed E-state index contributed by atoms with van der Waals surface area (Å²) in [4.78, 5) is 16.7. The lowest BCUT2D eigenvalue weighted by molar-refractivity contribution is 0.156. The van der Waals surface area contributed by atoms with Crippen LogP contribution in [0, 0.1) is 19.7 Å². The van der Waals surface area contributed by atoms with Crippen LogP contribution < -0.4 is 4.74 Å². The number of benzene rings is 1. The van der Waals surface area contributed by atoms with Crippen LogP contribution in [0.2, 0.25) is 0 Å². The Hall–Kier alpha value is -3.88. The Kier molecular flexibility index (Phi) is 6.54. The van der Waals surface area contributed by atoms with Crippen LogP contribution >= 0.6 is 0 Å². The third kappa shape index (κ3) is 4.59. The molecular formula is C25H28FN5O3. The summed E-state index contributed by atoms with van der Waals surface area (Å²) in [5.41, 5.74) is 6.15. The molecule has 0 aliphatic carbocycles. The van der Waals surface area contributed by atoms with Gasteiger partial charge in [-0.1, -0.05) is 12.1 Å². The van der Waals surface area contributed by atoms with Crippen LogP contribution in [0.25, 0.3) is 16.8 Å². The highest BCUT2D eigenvalue weighted by atomic mass is 19.1. The average molecular weight is 466 g/mol. The summed E-state index contributed by atoms with van der Waals surface area (Å²) < 4.78 is 24.5. The van der Waals surface area contributed by atoms with Crippen LogP contribution in [-0.2, 0) is 19.9 Å². The number of aryl methyl sites for hydroxylation is 2. The Labute approximate surface area is 197 Å². The fourth-order valence-electron chi connectivity index (χ4n) is 4.07. The van der Waals surface area contributed by atoms with Gasteiger partial charge in [-0.15, -0.1) is 0 Å². The number of rotatable bonds is 8. The molecule has 0 atom stereocenters. The first kappa shape index (κ1) is 23.3. The van der Waals surface area contributed by atoms with Gasteiger partial charge in [0.15, 0.2) is 11.6 Å². The van der Waals surface area contributed by atoms with Gasteiger partial charge in [0.1, 0.15) is 5.65 Å². The first-order valence-electron chi connectivity index (χ1n) is 11.1. The lowest BCUT2D eigenvalue weighted by atomic mass is 10.1. The number of likely N-dealkylation sites (N-methyl/N-ethyl adjacent to an activating group) is 1. The summed E-state index contributed by atoms with van der Waals surface area (Å²) >= 11 is 0. The Bertz CT molecular complexity index is 1340. The zero-order valence-electron chi connectivity index (χ0n) is 19.7. The molecule has 178 valence electrons. The van der Waals surface area contributed by atoms with Crippen molar-refractivity contribution >= 4 is 11.7 Å². The first-order valence-corrected chi connectivity index (χ1v) is 11.1. The Balaban J connectivity index is 1.59. The van der Waals surface area contributed by atoms with E-state index >= 15 is 0 Å². The summed E-state index contributed by atoms with van der Waals surface area (Å²) in [6.07, 6.45) is 3.77. The maximum absolute atomic E-state index is 14.8. The van der Waals surface area contributed by atoms with Gasteiger partial charge >= 0.3 is 6.09 Å². The monoisotopic (exact) mass is 465 g/mol. The van der Waals surface area contributed by atoms with E-state index < -0.39 is 11.9 Å². The molecule has 0 fully saturated rings. The molecule has 9 heteroatoms. The number of carbonyl (C=O) groups is 1. The number of ether oxygens (including phenoxy) is 1. The molecule has 4 aromatic rings. The Morgan fingerprint density at radius 1 is 1.21 bits per heavy atom. The van der Waals surface area contributed by atoms with Gasteiger partial charge in [-0.25, -0.2) is 14.2 Å². The largest absolute Gasteiger partial charge is 0.490 e. The fourth-order valence-corrected chi connectivity index (χ4v) is 4.07. The summed E-state index contributed by atoms with van der Waals surface area (Å²) in [5.74, 6) is -0.223. The zero-order chi connectivity index (χ0) is 24.4. The number of nitrogens with zero attached hydrogens (tertiary/aromatic N) is 5. The number of hydrogen-bond acceptors (Lipinski definition) is 4. The van der Waals surface area contributed by atoms with Crippen LogP contribution in [0.15, 0.2) is 42.7 Å². The van der Waals surface area contributed by atoms with Gasteiger partial charge in [0, 0.05) is 68.4 Å². The van der Waals surface area contributed by atoms with Crippen molar-refractivity contribution in [3.05, 3.63) is 71.2 Å². The number of halogens is 1. The van der Waals surface area contributed by atoms with Crippen molar-refractivity contribution in [1.29, 1.82) is 0 Å². The molecule has 0 saturated heterocycles. The van der Waals surface area contributed by atoms with Crippen molar-refractivity contribution < 1.29 is 19.0 Å². The molecule has 34 heavy (non-hydrogen) atoms. The molecule has 0 spiro atoms. The van der Waals surface area contributed by atoms with E-state index in [9.17, 15) is 9.18 Å². The fraction of sp³-hybridized carbons (Fsp3) is 0.320. The normalized spacial score (nSPS) is 11.2. The predicted molar refractivity (Wildman–Crippen MR) is 127 cm³/mol. The molecule has 0 unspecified atom stereocenters. The molecular weight excluding hydrogens is 437 g/mol. The van der Waals surface area contributed by atoms with Crippen LogP contribution in [0.5, 0.6) is 5.75 Å². The van der Waals surface area contributed by atoms with Crippen molar-refractivity contribution in [2.75, 3.05) is 20.2 Å². The highest BCUT2D eigenvalue weighted by Gasteiger charge is 2.16. The maximum atomic E-state index is 14.8. The molecule has 0 aliphatic heterocycles. The van der Waals surface area contributed by atoms with E-state index in [0.717, 1.165) is 33.9 Å². The summed E-state index contributed by atoms with van der Waals surface area (Å²) in [6.45, 7) is 4.63. The van der Waals surface area contributed by atoms with Gasteiger partial charge in [-0.3, -0.25) is 4.68 Å². The topological polar surface area (TPSA) is 84.9 Å². The standard InChI is InChI=1S/C25H28FN5O3/c1-16-20(17(2)30(4)28-16)11-13-34-24-21(6-5-7-22(24)26)18-8-9-23-27-14-19(31(23)15-18)10-12-29(3)25(32)33/h5-9,14-15H,10-13H2,1-4H3,(H,32,33). The first-order chi connectivity index (χ1) is 16.3. The second-order valence-electron chi connectivity index (χ2n) is 8.34. The smallest absolute Gasteiger partial charge is 0.407 e. The van der Waals surface area contributed by atoms with Gasteiger partial charge in [-0.2, -0.15) is 5.10 Å². The predicted octanol–water partition coefficient (Wildman–Crippen LogP) is 4.26. The molecule has 0 bridgehead atoms. The molecule has 3 aromatic heterocycles. The quantitative estimate of drug-likeness (QED) is 0.420. The maximum Gasteiger partial charge on any atom is 0.407 e. The van der Waals surface area contributed by atoms with Crippen LogP contribution in [-0.4, -0.2) is 55.5 Å². The highest BCUT2D eigenvalue weighted by Crippen LogP contribution is 2.33. The van der Waals surface area contributed by atoms with Crippen molar-refractivity contribution in [1.82, 2.24) is 24.1 Å². The number of carboxylic acid groups (broad SMARTS) is 1. The zero-order valence-corrected chi connectivity index (χ0v) is 19.7. The second kappa shape index (κ2) is 9.54. The van der Waals surface area contributed by atoms with Gasteiger partial charge in [0.05, 0.1) is 12.3 Å². The summed E-state index contributed by atoms with van der Waals surface area (Å²) in [6, 6.07) is 8.62. The Morgan fingerprint density at radius 3 is 2.71 bits per heavy atom. The molecule has 3 heterocycles. The lowest BCUT2D eigenvalue weighted by Gasteiger charge is -2.14. The summed E-state index contributed by atoms with van der Waals surface area (Å²) in [5, 5.41) is 13.5. The number of para-hydroxylation sites is 1. The van der Waals surface area contributed by atoms with Crippen molar-refractivity contribution in [2.45, 2.75) is 26.7 Å². The SMILES string of the molecule is Cc1nn(C)c(C)c1CCOc1c(F)cccc1-c1ccc2ncc(CCN(C)C(=O)O)n2c1. The van der Waals surface area contributed by atoms with Gasteiger partial charge in [0.2, 0.25) is 0 Å². The summed E-state index contributed by atoms with van der Waals surface area (Å²) in [7, 11) is 3.43. The Morgan fingerprint density at radius 2 is 2.00 bits per heavy atom. The average Bonchev–Trinajstić information content (AvgIpc) is 3.32. The molecule has 4 rings (SSSR count). The van der Waals surface area contributed by atoms with Crippen LogP contribution in [0.3, 0.4) is 0 Å². The molecule has 1 N–H and O–H groups in total. The van der Waals surface area contributed by atoms with E-state index in [4.69, 9.17) is 9.84 Å². The van der Waals surface area contributed by atoms with Crippen LogP contribution in [0.1, 0.15) is 22.6 Å². The van der Waals surface area contributed by atoms with Gasteiger partial charge in [-0.05, 0) is 37.6 Å². The van der Waals surface area contributed by atoms with Crippen molar-refractivity contribution in [2.24, 2.45) is 7.05 Å². The van der Waals surface area contributed by atoms with E-state index in [1.165, 1.54) is 18.0 Å². The van der Waals surface area contributed by atoms with Gasteiger partial charge in [0.25, 0.3) is 0 Å². The molecule has 1 amide bonds. The third-order valence-electron chi connectivity index (χ3n) is 6.15. The third-order valence-corrected chi connectivity index (χ3v) is 6.15. The second-order valence-corrected chi connectivity index (χ2v) is 8.34. The number of amides is 1. The number of pyridine rings is 1. The molecule has 8 nitrogen and oxygen atoms in total. The minimum absolute atomic E-state index is 0.202. The minimum Gasteiger partial charge on any atom is -0.490 e. The van der Waals surface area contributed by atoms with E-state index in [1.807, 2.05) is 54.4 Å². The molecule has 1 aromatic carbocycles. The number of hydrogen-bond donors (Lipinski definition) is 1. The lowest BCUT2D eigenvalue weighted by Crippen LogP contribution is -2.27. The number of aromatic nitrogens is 4. The van der Waals surface area contributed by atoms with Crippen molar-refractivity contribution in [3.63, 3.8) is 0 Å². The van der Waals surface area contributed by atoms with E-state index in [0.29, 0.717) is 31.6 Å². The van der Waals surface area contributed by atoms with Crippen LogP contribution in [0.4, 0.5) is 9.18 Å². The molecule has 0 radical (unpaired) electrons. The molecule has 0 saturated carbocycles. The van der Waals surface area contributed by atoms with Crippen molar-refractivity contribution in [3.8, 4) is 16.9 Å². The minimum atomic E-state index is -0.979. The highest BCUT2D eigenvalue weighted by molar-refractivity contribution is 5.71. The number of imidazole rings is 1. The van der Waals surface area contributed by atoms with E-state index in [-0.39, 0.29) is 5.75 Å². The number of fused-ring (bicyclic) bond motifs is 1. The molecule has 0 aliphatic rings. The van der Waals surface area contributed by atoms with E-state index in [1.54, 1.807) is 12.3 Å².